The van der Waals surface area contributed by atoms with Gasteiger partial charge in [-0.25, -0.2) is 9.37 Å². The average molecular weight is 247 g/mol. The zero-order valence-electron chi connectivity index (χ0n) is 9.54. The van der Waals surface area contributed by atoms with Crippen molar-refractivity contribution >= 4 is 11.6 Å². The second kappa shape index (κ2) is 6.66. The first-order valence-corrected chi connectivity index (χ1v) is 5.65. The molecule has 1 rings (SSSR count). The molecule has 3 nitrogen and oxygen atoms in total. The van der Waals surface area contributed by atoms with Crippen LogP contribution in [0.3, 0.4) is 0 Å². The summed E-state index contributed by atoms with van der Waals surface area (Å²) in [6.07, 6.45) is 2.03. The third-order valence-electron chi connectivity index (χ3n) is 2.02. The lowest BCUT2D eigenvalue weighted by molar-refractivity contribution is 0.271. The highest BCUT2D eigenvalue weighted by Crippen LogP contribution is 2.18. The molecule has 1 aromatic heterocycles. The molecule has 0 bridgehead atoms. The molecule has 0 atom stereocenters. The predicted molar refractivity (Wildman–Crippen MR) is 62.4 cm³/mol. The quantitative estimate of drug-likeness (QED) is 0.569. The van der Waals surface area contributed by atoms with Gasteiger partial charge in [0.1, 0.15) is 5.82 Å². The second-order valence-corrected chi connectivity index (χ2v) is 4.02. The van der Waals surface area contributed by atoms with Gasteiger partial charge in [0.15, 0.2) is 0 Å². The maximum atomic E-state index is 12.8. The Morgan fingerprint density at radius 1 is 1.50 bits per heavy atom. The van der Waals surface area contributed by atoms with E-state index in [4.69, 9.17) is 16.3 Å². The molecule has 0 aliphatic rings. The summed E-state index contributed by atoms with van der Waals surface area (Å²) in [7, 11) is 4.00. The fourth-order valence-corrected chi connectivity index (χ4v) is 1.44. The molecule has 0 spiro atoms. The Balaban J connectivity index is 2.47. The molecule has 1 aromatic rings. The molecule has 16 heavy (non-hydrogen) atoms. The Hall–Kier alpha value is -0.870. The van der Waals surface area contributed by atoms with Crippen molar-refractivity contribution in [2.75, 3.05) is 27.2 Å². The topological polar surface area (TPSA) is 25.4 Å². The highest BCUT2D eigenvalue weighted by Gasteiger charge is 2.06. The molecule has 0 aromatic carbocycles. The van der Waals surface area contributed by atoms with Crippen LogP contribution in [0.15, 0.2) is 12.3 Å². The van der Waals surface area contributed by atoms with Gasteiger partial charge >= 0.3 is 0 Å². The van der Waals surface area contributed by atoms with Crippen LogP contribution in [0.25, 0.3) is 0 Å². The highest BCUT2D eigenvalue weighted by atomic mass is 35.5. The number of rotatable bonds is 6. The van der Waals surface area contributed by atoms with Crippen LogP contribution >= 0.6 is 11.6 Å². The van der Waals surface area contributed by atoms with Gasteiger partial charge in [-0.3, -0.25) is 0 Å². The Morgan fingerprint density at radius 3 is 2.88 bits per heavy atom. The third-order valence-corrected chi connectivity index (χ3v) is 2.31. The van der Waals surface area contributed by atoms with E-state index in [1.54, 1.807) is 0 Å². The minimum Gasteiger partial charge on any atom is -0.477 e. The van der Waals surface area contributed by atoms with Gasteiger partial charge in [-0.2, -0.15) is 0 Å². The first-order chi connectivity index (χ1) is 7.63. The molecule has 0 saturated carbocycles. The number of hydrogen-bond donors (Lipinski definition) is 0. The van der Waals surface area contributed by atoms with Gasteiger partial charge < -0.3 is 9.64 Å². The summed E-state index contributed by atoms with van der Waals surface area (Å²) in [5.74, 6) is 0.236. The van der Waals surface area contributed by atoms with Crippen LogP contribution in [0, 0.1) is 5.82 Å². The van der Waals surface area contributed by atoms with Crippen LogP contribution in [0.2, 0.25) is 0 Å². The van der Waals surface area contributed by atoms with Crippen molar-refractivity contribution in [1.82, 2.24) is 9.88 Å². The van der Waals surface area contributed by atoms with E-state index < -0.39 is 5.82 Å². The molecule has 5 heteroatoms. The average Bonchev–Trinajstić information content (AvgIpc) is 2.25. The van der Waals surface area contributed by atoms with Crippen molar-refractivity contribution in [3.05, 3.63) is 23.6 Å². The largest absolute Gasteiger partial charge is 0.477 e. The second-order valence-electron chi connectivity index (χ2n) is 3.76. The Bertz CT molecular complexity index is 334. The van der Waals surface area contributed by atoms with Crippen molar-refractivity contribution in [1.29, 1.82) is 0 Å². The van der Waals surface area contributed by atoms with E-state index >= 15 is 0 Å². The molecule has 0 fully saturated rings. The lowest BCUT2D eigenvalue weighted by Crippen LogP contribution is -2.16. The maximum Gasteiger partial charge on any atom is 0.217 e. The van der Waals surface area contributed by atoms with Gasteiger partial charge in [0.2, 0.25) is 5.88 Å². The summed E-state index contributed by atoms with van der Waals surface area (Å²) in [4.78, 5) is 5.94. The minimum absolute atomic E-state index is 0.202. The molecule has 0 unspecified atom stereocenters. The molecule has 0 amide bonds. The highest BCUT2D eigenvalue weighted by molar-refractivity contribution is 6.17. The standard InChI is InChI=1S/C11H16ClFN2O/c1-15(2)4-3-5-16-11-9(7-12)6-10(13)8-14-11/h6,8H,3-5,7H2,1-2H3. The molecular formula is C11H16ClFN2O. The molecule has 90 valence electrons. The van der Waals surface area contributed by atoms with E-state index in [1.165, 1.54) is 6.07 Å². The minimum atomic E-state index is -0.392. The third kappa shape index (κ3) is 4.33. The number of pyridine rings is 1. The van der Waals surface area contributed by atoms with Gasteiger partial charge in [-0.05, 0) is 26.6 Å². The Kier molecular flexibility index (Phi) is 5.49. The Labute approximate surface area is 100 Å². The predicted octanol–water partition coefficient (Wildman–Crippen LogP) is 2.29. The smallest absolute Gasteiger partial charge is 0.217 e. The van der Waals surface area contributed by atoms with Crippen LogP contribution in [-0.4, -0.2) is 37.1 Å². The normalized spacial score (nSPS) is 10.8. The van der Waals surface area contributed by atoms with Gasteiger partial charge in [-0.15, -0.1) is 11.6 Å². The summed E-state index contributed by atoms with van der Waals surface area (Å²) in [6.45, 7) is 1.50. The van der Waals surface area contributed by atoms with E-state index in [9.17, 15) is 4.39 Å². The molecule has 0 aliphatic carbocycles. The van der Waals surface area contributed by atoms with E-state index in [0.29, 0.717) is 18.1 Å². The summed E-state index contributed by atoms with van der Waals surface area (Å²) >= 11 is 5.67. The van der Waals surface area contributed by atoms with Crippen molar-refractivity contribution in [2.24, 2.45) is 0 Å². The van der Waals surface area contributed by atoms with E-state index in [1.807, 2.05) is 14.1 Å². The zero-order chi connectivity index (χ0) is 12.0. The van der Waals surface area contributed by atoms with Gasteiger partial charge in [0, 0.05) is 12.1 Å². The van der Waals surface area contributed by atoms with Gasteiger partial charge in [-0.1, -0.05) is 0 Å². The molecular weight excluding hydrogens is 231 g/mol. The molecule has 0 radical (unpaired) electrons. The van der Waals surface area contributed by atoms with Gasteiger partial charge in [0.25, 0.3) is 0 Å². The first kappa shape index (κ1) is 13.2. The summed E-state index contributed by atoms with van der Waals surface area (Å²) < 4.78 is 18.3. The number of ether oxygens (including phenoxy) is 1. The summed E-state index contributed by atoms with van der Waals surface area (Å²) in [5, 5.41) is 0. The van der Waals surface area contributed by atoms with Crippen LogP contribution in [-0.2, 0) is 5.88 Å². The molecule has 0 saturated heterocycles. The van der Waals surface area contributed by atoms with Crippen LogP contribution < -0.4 is 4.74 Å². The van der Waals surface area contributed by atoms with Gasteiger partial charge in [0.05, 0.1) is 18.7 Å². The fourth-order valence-electron chi connectivity index (χ4n) is 1.24. The monoisotopic (exact) mass is 246 g/mol. The number of alkyl halides is 1. The van der Waals surface area contributed by atoms with E-state index in [-0.39, 0.29) is 5.88 Å². The van der Waals surface area contributed by atoms with Crippen LogP contribution in [0.1, 0.15) is 12.0 Å². The van der Waals surface area contributed by atoms with Crippen molar-refractivity contribution in [2.45, 2.75) is 12.3 Å². The van der Waals surface area contributed by atoms with Crippen LogP contribution in [0.4, 0.5) is 4.39 Å². The Morgan fingerprint density at radius 2 is 2.25 bits per heavy atom. The van der Waals surface area contributed by atoms with E-state index in [2.05, 4.69) is 9.88 Å². The zero-order valence-corrected chi connectivity index (χ0v) is 10.3. The maximum absolute atomic E-state index is 12.8. The fraction of sp³-hybridized carbons (Fsp3) is 0.545. The molecule has 1 heterocycles. The molecule has 0 aliphatic heterocycles. The number of hydrogen-bond acceptors (Lipinski definition) is 3. The van der Waals surface area contributed by atoms with Crippen molar-refractivity contribution in [3.63, 3.8) is 0 Å². The lowest BCUT2D eigenvalue weighted by Gasteiger charge is -2.11. The number of halogens is 2. The van der Waals surface area contributed by atoms with Crippen molar-refractivity contribution in [3.8, 4) is 5.88 Å². The van der Waals surface area contributed by atoms with Crippen molar-refractivity contribution < 1.29 is 9.13 Å². The number of nitrogens with zero attached hydrogens (tertiary/aromatic N) is 2. The summed E-state index contributed by atoms with van der Waals surface area (Å²) in [6, 6.07) is 1.35. The SMILES string of the molecule is CN(C)CCCOc1ncc(F)cc1CCl. The molecule has 0 N–H and O–H groups in total. The first-order valence-electron chi connectivity index (χ1n) is 5.11. The van der Waals surface area contributed by atoms with E-state index in [0.717, 1.165) is 19.2 Å². The van der Waals surface area contributed by atoms with Crippen LogP contribution in [0.5, 0.6) is 5.88 Å². The summed E-state index contributed by atoms with van der Waals surface area (Å²) in [5.41, 5.74) is 0.589. The lowest BCUT2D eigenvalue weighted by atomic mass is 10.3. The number of aromatic nitrogens is 1.